The first-order valence-electron chi connectivity index (χ1n) is 12.7. The van der Waals surface area contributed by atoms with E-state index >= 15 is 0 Å². The summed E-state index contributed by atoms with van der Waals surface area (Å²) in [6.45, 7) is 3.90. The van der Waals surface area contributed by atoms with Crippen LogP contribution in [0.2, 0.25) is 0 Å². The number of aryl methyl sites for hydroxylation is 1. The predicted molar refractivity (Wildman–Crippen MR) is 146 cm³/mol. The number of halogens is 1. The molecule has 0 saturated heterocycles. The molecule has 200 valence electrons. The van der Waals surface area contributed by atoms with Crippen molar-refractivity contribution in [1.29, 1.82) is 0 Å². The lowest BCUT2D eigenvalue weighted by atomic mass is 10.0. The number of hydrogen-bond acceptors (Lipinski definition) is 5. The van der Waals surface area contributed by atoms with Gasteiger partial charge in [-0.05, 0) is 49.6 Å². The highest BCUT2D eigenvalue weighted by Crippen LogP contribution is 2.27. The maximum Gasteiger partial charge on any atom is 0.252 e. The van der Waals surface area contributed by atoms with Crippen molar-refractivity contribution in [2.45, 2.75) is 39.5 Å². The Kier molecular flexibility index (Phi) is 8.99. The lowest BCUT2D eigenvalue weighted by Crippen LogP contribution is -2.24. The molecule has 0 aliphatic heterocycles. The molecular weight excluding hydrogens is 497 g/mol. The summed E-state index contributed by atoms with van der Waals surface area (Å²) in [6, 6.07) is 17.2. The molecule has 0 spiro atoms. The van der Waals surface area contributed by atoms with Gasteiger partial charge in [-0.25, -0.2) is 4.39 Å². The van der Waals surface area contributed by atoms with E-state index in [-0.39, 0.29) is 36.1 Å². The Balaban J connectivity index is 1.36. The van der Waals surface area contributed by atoms with Crippen LogP contribution in [0.3, 0.4) is 0 Å². The third-order valence-corrected chi connectivity index (χ3v) is 6.08. The van der Waals surface area contributed by atoms with Crippen molar-refractivity contribution in [3.63, 3.8) is 0 Å². The Hall–Kier alpha value is -4.59. The van der Waals surface area contributed by atoms with Crippen molar-refractivity contribution in [2.75, 3.05) is 6.54 Å². The minimum atomic E-state index is -0.511. The van der Waals surface area contributed by atoms with E-state index in [4.69, 9.17) is 4.74 Å². The molecule has 0 radical (unpaired) electrons. The molecule has 2 N–H and O–H groups in total. The van der Waals surface area contributed by atoms with Gasteiger partial charge in [-0.1, -0.05) is 35.9 Å². The van der Waals surface area contributed by atoms with Crippen molar-refractivity contribution in [3.05, 3.63) is 101 Å². The Morgan fingerprint density at radius 3 is 2.59 bits per heavy atom. The molecule has 0 fully saturated rings. The van der Waals surface area contributed by atoms with Crippen molar-refractivity contribution in [2.24, 2.45) is 0 Å². The van der Waals surface area contributed by atoms with Crippen LogP contribution >= 0.6 is 0 Å². The summed E-state index contributed by atoms with van der Waals surface area (Å²) < 4.78 is 20.6. The highest BCUT2D eigenvalue weighted by atomic mass is 19.1. The molecule has 0 aliphatic carbocycles. The Labute approximate surface area is 226 Å². The molecule has 4 aromatic rings. The highest BCUT2D eigenvalue weighted by Gasteiger charge is 2.13. The Bertz CT molecular complexity index is 1490. The average Bonchev–Trinajstić information content (AvgIpc) is 3.39. The van der Waals surface area contributed by atoms with E-state index in [0.717, 1.165) is 11.1 Å². The average molecular weight is 528 g/mol. The number of aromatic amines is 1. The van der Waals surface area contributed by atoms with Crippen LogP contribution < -0.4 is 10.1 Å². The number of nitrogens with one attached hydrogen (secondary N) is 2. The van der Waals surface area contributed by atoms with Gasteiger partial charge in [0.1, 0.15) is 28.9 Å². The number of carbonyl (C=O) groups excluding carboxylic acids is 3. The molecule has 0 atom stereocenters. The molecule has 0 bridgehead atoms. The zero-order chi connectivity index (χ0) is 27.8. The summed E-state index contributed by atoms with van der Waals surface area (Å²) in [6.07, 6.45) is 4.40. The van der Waals surface area contributed by atoms with Gasteiger partial charge < -0.3 is 19.8 Å². The fourth-order valence-electron chi connectivity index (χ4n) is 4.13. The van der Waals surface area contributed by atoms with Crippen molar-refractivity contribution in [3.8, 4) is 22.9 Å². The molecule has 2 aromatic heterocycles. The van der Waals surface area contributed by atoms with Gasteiger partial charge >= 0.3 is 0 Å². The normalized spacial score (nSPS) is 10.7. The van der Waals surface area contributed by atoms with Gasteiger partial charge in [0.15, 0.2) is 0 Å². The maximum absolute atomic E-state index is 14.8. The Morgan fingerprint density at radius 2 is 1.82 bits per heavy atom. The van der Waals surface area contributed by atoms with Gasteiger partial charge in [-0.2, -0.15) is 0 Å². The molecule has 0 saturated carbocycles. The number of benzene rings is 2. The van der Waals surface area contributed by atoms with E-state index in [9.17, 15) is 18.8 Å². The number of nitrogens with zero attached hydrogens (tertiary/aromatic N) is 1. The number of hydrogen-bond donors (Lipinski definition) is 2. The number of carbonyl (C=O) groups is 3. The number of amides is 1. The maximum atomic E-state index is 14.8. The van der Waals surface area contributed by atoms with Crippen molar-refractivity contribution < 1.29 is 23.5 Å². The van der Waals surface area contributed by atoms with Gasteiger partial charge in [0.25, 0.3) is 5.91 Å². The molecule has 1 amide bonds. The van der Waals surface area contributed by atoms with Gasteiger partial charge in [0.05, 0.1) is 17.0 Å². The predicted octanol–water partition coefficient (Wildman–Crippen LogP) is 5.77. The summed E-state index contributed by atoms with van der Waals surface area (Å²) >= 11 is 0. The van der Waals surface area contributed by atoms with E-state index in [0.29, 0.717) is 47.7 Å². The van der Waals surface area contributed by atoms with Gasteiger partial charge in [0.2, 0.25) is 0 Å². The topological polar surface area (TPSA) is 101 Å². The number of Topliss-reactive ketones (excluding diaryl/α,β-unsaturated/α-hetero) is 2. The second kappa shape index (κ2) is 12.8. The summed E-state index contributed by atoms with van der Waals surface area (Å²) in [5, 5.41) is 2.79. The number of ketones is 2. The quantitative estimate of drug-likeness (QED) is 0.228. The van der Waals surface area contributed by atoms with Gasteiger partial charge in [0, 0.05) is 50.3 Å². The van der Waals surface area contributed by atoms with E-state index in [2.05, 4.69) is 15.3 Å². The van der Waals surface area contributed by atoms with E-state index in [1.54, 1.807) is 42.7 Å². The summed E-state index contributed by atoms with van der Waals surface area (Å²) in [5.41, 5.74) is 3.90. The molecule has 39 heavy (non-hydrogen) atoms. The first-order valence-corrected chi connectivity index (χ1v) is 12.7. The van der Waals surface area contributed by atoms with E-state index in [1.165, 1.54) is 13.0 Å². The SMILES string of the molecule is CC(=O)CCCNC(=O)c1c[nH]c(-c2cc(Oc3ccc(CC(=O)Cc4cccc(C)c4)c(F)c3)ccn2)c1. The smallest absolute Gasteiger partial charge is 0.252 e. The highest BCUT2D eigenvalue weighted by molar-refractivity contribution is 5.95. The van der Waals surface area contributed by atoms with Crippen molar-refractivity contribution in [1.82, 2.24) is 15.3 Å². The zero-order valence-electron chi connectivity index (χ0n) is 21.9. The lowest BCUT2D eigenvalue weighted by molar-refractivity contribution is -0.118. The van der Waals surface area contributed by atoms with Gasteiger partial charge in [-0.3, -0.25) is 14.6 Å². The third kappa shape index (κ3) is 7.95. The standard InChI is InChI=1S/C31H30FN3O4/c1-20-5-3-7-22(13-20)14-25(37)15-23-8-9-26(17-28(23)32)39-27-10-12-33-30(18-27)29-16-24(19-35-29)31(38)34-11-4-6-21(2)36/h3,5,7-10,12-13,16-19,35H,4,6,11,14-15H2,1-2H3,(H,34,38). The van der Waals surface area contributed by atoms with Crippen molar-refractivity contribution >= 4 is 17.5 Å². The summed E-state index contributed by atoms with van der Waals surface area (Å²) in [7, 11) is 0. The molecule has 7 nitrogen and oxygen atoms in total. The second-order valence-electron chi connectivity index (χ2n) is 9.48. The van der Waals surface area contributed by atoms with Crippen LogP contribution in [0.5, 0.6) is 11.5 Å². The van der Waals surface area contributed by atoms with Crippen LogP contribution in [0, 0.1) is 12.7 Å². The molecular formula is C31H30FN3O4. The van der Waals surface area contributed by atoms with Crippen LogP contribution in [0.25, 0.3) is 11.4 Å². The molecule has 8 heteroatoms. The first kappa shape index (κ1) is 27.4. The molecule has 2 aromatic carbocycles. The monoisotopic (exact) mass is 527 g/mol. The third-order valence-electron chi connectivity index (χ3n) is 6.08. The molecule has 0 unspecified atom stereocenters. The lowest BCUT2D eigenvalue weighted by Gasteiger charge is -2.09. The first-order chi connectivity index (χ1) is 18.8. The van der Waals surface area contributed by atoms with Crippen LogP contribution in [0.1, 0.15) is 46.8 Å². The Morgan fingerprint density at radius 1 is 1.00 bits per heavy atom. The van der Waals surface area contributed by atoms with Crippen LogP contribution in [-0.2, 0) is 22.4 Å². The van der Waals surface area contributed by atoms with Gasteiger partial charge in [-0.15, -0.1) is 0 Å². The number of ether oxygens (including phenoxy) is 1. The number of rotatable bonds is 12. The minimum Gasteiger partial charge on any atom is -0.457 e. The van der Waals surface area contributed by atoms with E-state index < -0.39 is 5.82 Å². The fourth-order valence-corrected chi connectivity index (χ4v) is 4.13. The molecule has 2 heterocycles. The van der Waals surface area contributed by atoms with E-state index in [1.807, 2.05) is 31.2 Å². The number of H-pyrrole nitrogens is 1. The summed E-state index contributed by atoms with van der Waals surface area (Å²) in [4.78, 5) is 43.2. The number of pyridine rings is 1. The summed E-state index contributed by atoms with van der Waals surface area (Å²) in [5.74, 6) is -0.0146. The molecule has 0 aliphatic rings. The number of aromatic nitrogens is 2. The molecule has 4 rings (SSSR count). The van der Waals surface area contributed by atoms with Crippen LogP contribution in [-0.4, -0.2) is 34.0 Å². The largest absolute Gasteiger partial charge is 0.457 e. The second-order valence-corrected chi connectivity index (χ2v) is 9.48. The van der Waals surface area contributed by atoms with Crippen LogP contribution in [0.4, 0.5) is 4.39 Å². The zero-order valence-corrected chi connectivity index (χ0v) is 21.9. The minimum absolute atomic E-state index is 0.00107. The fraction of sp³-hybridized carbons (Fsp3) is 0.226. The van der Waals surface area contributed by atoms with Crippen LogP contribution in [0.15, 0.2) is 73.1 Å².